The third-order valence-corrected chi connectivity index (χ3v) is 6.22. The molecule has 0 fully saturated rings. The maximum atomic E-state index is 13.3. The van der Waals surface area contributed by atoms with E-state index in [1.165, 1.54) is 20.2 Å². The summed E-state index contributed by atoms with van der Waals surface area (Å²) in [6.45, 7) is 12.5. The number of anilines is 2. The molecule has 5 aromatic rings. The van der Waals surface area contributed by atoms with E-state index in [2.05, 4.69) is 65.4 Å². The molecule has 3 aromatic heterocycles. The van der Waals surface area contributed by atoms with Gasteiger partial charge >= 0.3 is 5.69 Å². The van der Waals surface area contributed by atoms with Gasteiger partial charge in [0.1, 0.15) is 6.54 Å². The zero-order valence-corrected chi connectivity index (χ0v) is 21.3. The van der Waals surface area contributed by atoms with Crippen LogP contribution in [-0.2, 0) is 12.0 Å². The fourth-order valence-electron chi connectivity index (χ4n) is 3.97. The Hall–Kier alpha value is -4.27. The van der Waals surface area contributed by atoms with E-state index in [1.807, 2.05) is 44.2 Å². The highest BCUT2D eigenvalue weighted by molar-refractivity contribution is 5.59. The van der Waals surface area contributed by atoms with Crippen molar-refractivity contribution in [2.24, 2.45) is 0 Å². The van der Waals surface area contributed by atoms with Gasteiger partial charge in [0.15, 0.2) is 5.65 Å². The highest BCUT2D eigenvalue weighted by Gasteiger charge is 2.18. The number of aromatic nitrogens is 6. The number of fused-ring (bicyclic) bond motifs is 1. The van der Waals surface area contributed by atoms with Crippen molar-refractivity contribution in [3.63, 3.8) is 0 Å². The van der Waals surface area contributed by atoms with E-state index in [1.54, 1.807) is 6.07 Å². The minimum Gasteiger partial charge on any atom is -0.337 e. The van der Waals surface area contributed by atoms with E-state index in [0.717, 1.165) is 22.5 Å². The fraction of sp³-hybridized carbons (Fsp3) is 0.296. The molecule has 0 bridgehead atoms. The maximum Gasteiger partial charge on any atom is 0.353 e. The first-order chi connectivity index (χ1) is 17.1. The molecule has 0 saturated heterocycles. The van der Waals surface area contributed by atoms with Crippen molar-refractivity contribution in [2.45, 2.75) is 53.5 Å². The van der Waals surface area contributed by atoms with Gasteiger partial charge in [0.2, 0.25) is 17.7 Å². The van der Waals surface area contributed by atoms with Crippen LogP contribution in [0.2, 0.25) is 0 Å². The molecule has 2 aromatic carbocycles. The Bertz CT molecular complexity index is 1620. The smallest absolute Gasteiger partial charge is 0.337 e. The summed E-state index contributed by atoms with van der Waals surface area (Å²) in [6, 6.07) is 15.9. The number of aryl methyl sites for hydroxylation is 3. The topological polar surface area (TPSA) is 103 Å². The largest absolute Gasteiger partial charge is 0.353 e. The van der Waals surface area contributed by atoms with Gasteiger partial charge in [0.25, 0.3) is 0 Å². The summed E-state index contributed by atoms with van der Waals surface area (Å²) in [5.74, 6) is 1.16. The van der Waals surface area contributed by atoms with Crippen LogP contribution >= 0.6 is 0 Å². The summed E-state index contributed by atoms with van der Waals surface area (Å²) in [5, 5.41) is 11.8. The van der Waals surface area contributed by atoms with Crippen LogP contribution in [0.3, 0.4) is 0 Å². The van der Waals surface area contributed by atoms with E-state index < -0.39 is 0 Å². The Kier molecular flexibility index (Phi) is 5.70. The molecule has 5 rings (SSSR count). The van der Waals surface area contributed by atoms with Crippen LogP contribution < -0.4 is 11.0 Å². The van der Waals surface area contributed by atoms with Gasteiger partial charge in [-0.1, -0.05) is 56.3 Å². The van der Waals surface area contributed by atoms with Crippen molar-refractivity contribution in [1.82, 2.24) is 29.3 Å². The molecular formula is C27H29N7O2. The van der Waals surface area contributed by atoms with Gasteiger partial charge in [0, 0.05) is 23.0 Å². The van der Waals surface area contributed by atoms with Crippen molar-refractivity contribution in [1.29, 1.82) is 0 Å². The predicted molar refractivity (Wildman–Crippen MR) is 139 cm³/mol. The third-order valence-electron chi connectivity index (χ3n) is 6.22. The molecule has 0 aliphatic heterocycles. The first kappa shape index (κ1) is 23.5. The Balaban J connectivity index is 1.44. The molecule has 0 amide bonds. The molecule has 0 unspecified atom stereocenters. The Labute approximate surface area is 208 Å². The molecule has 3 heterocycles. The van der Waals surface area contributed by atoms with Crippen LogP contribution in [0.4, 0.5) is 11.6 Å². The minimum atomic E-state index is -0.349. The van der Waals surface area contributed by atoms with Gasteiger partial charge in [-0.2, -0.15) is 4.98 Å². The lowest BCUT2D eigenvalue weighted by Gasteiger charge is -2.18. The Morgan fingerprint density at radius 3 is 2.39 bits per heavy atom. The number of rotatable bonds is 5. The quantitative estimate of drug-likeness (QED) is 0.377. The average Bonchev–Trinajstić information content (AvgIpc) is 3.40. The van der Waals surface area contributed by atoms with Gasteiger partial charge in [-0.25, -0.2) is 18.9 Å². The fourth-order valence-corrected chi connectivity index (χ4v) is 3.97. The summed E-state index contributed by atoms with van der Waals surface area (Å²) >= 11 is 0. The molecular weight excluding hydrogens is 454 g/mol. The van der Waals surface area contributed by atoms with Gasteiger partial charge in [-0.15, -0.1) is 5.10 Å². The summed E-state index contributed by atoms with van der Waals surface area (Å²) < 4.78 is 8.20. The number of benzene rings is 2. The molecule has 36 heavy (non-hydrogen) atoms. The lowest BCUT2D eigenvalue weighted by molar-refractivity contribution is 0.364. The van der Waals surface area contributed by atoms with Crippen LogP contribution in [-0.4, -0.2) is 29.3 Å². The Morgan fingerprint density at radius 1 is 0.944 bits per heavy atom. The minimum absolute atomic E-state index is 0.0513. The zero-order valence-electron chi connectivity index (χ0n) is 21.3. The van der Waals surface area contributed by atoms with E-state index >= 15 is 0 Å². The van der Waals surface area contributed by atoms with Crippen LogP contribution in [0, 0.1) is 20.8 Å². The third kappa shape index (κ3) is 4.51. The monoisotopic (exact) mass is 483 g/mol. The molecule has 0 aliphatic rings. The van der Waals surface area contributed by atoms with Crippen molar-refractivity contribution >= 4 is 17.3 Å². The van der Waals surface area contributed by atoms with Crippen molar-refractivity contribution in [3.8, 4) is 11.4 Å². The van der Waals surface area contributed by atoms with Crippen LogP contribution in [0.5, 0.6) is 0 Å². The van der Waals surface area contributed by atoms with Crippen molar-refractivity contribution in [3.05, 3.63) is 87.3 Å². The number of nitrogens with zero attached hydrogens (tertiary/aromatic N) is 6. The predicted octanol–water partition coefficient (Wildman–Crippen LogP) is 4.96. The SMILES string of the molecule is Cc1cc2nn(Cc3nc(-c4ccc(C(C)(C)C)cc4)no3)c(=O)n2c(Nc2ccc(C)c(C)c2)n1. The van der Waals surface area contributed by atoms with Crippen molar-refractivity contribution in [2.75, 3.05) is 5.32 Å². The van der Waals surface area contributed by atoms with E-state index in [-0.39, 0.29) is 17.6 Å². The highest BCUT2D eigenvalue weighted by atomic mass is 16.5. The molecule has 0 atom stereocenters. The van der Waals surface area contributed by atoms with Gasteiger partial charge in [-0.05, 0) is 55.0 Å². The van der Waals surface area contributed by atoms with Crippen molar-refractivity contribution < 1.29 is 4.52 Å². The zero-order chi connectivity index (χ0) is 25.6. The molecule has 0 spiro atoms. The number of nitrogens with one attached hydrogen (secondary N) is 1. The first-order valence-corrected chi connectivity index (χ1v) is 11.8. The second-order valence-electron chi connectivity index (χ2n) is 10.1. The van der Waals surface area contributed by atoms with Gasteiger partial charge in [-0.3, -0.25) is 0 Å². The standard InChI is InChI=1S/C27H29N7O2/c1-16-7-12-21(13-17(16)2)29-25-28-18(3)14-22-31-33(26(35)34(22)25)15-23-30-24(32-36-23)19-8-10-20(11-9-19)27(4,5)6/h7-14H,15H2,1-6H3,(H,28,29). The van der Waals surface area contributed by atoms with E-state index in [9.17, 15) is 4.79 Å². The van der Waals surface area contributed by atoms with Gasteiger partial charge in [0.05, 0.1) is 0 Å². The van der Waals surface area contributed by atoms with Crippen LogP contribution in [0.15, 0.2) is 57.8 Å². The first-order valence-electron chi connectivity index (χ1n) is 11.8. The molecule has 9 heteroatoms. The number of hydrogen-bond acceptors (Lipinski definition) is 7. The number of hydrogen-bond donors (Lipinski definition) is 1. The molecule has 9 nitrogen and oxygen atoms in total. The molecule has 0 aliphatic carbocycles. The highest BCUT2D eigenvalue weighted by Crippen LogP contribution is 2.25. The van der Waals surface area contributed by atoms with E-state index in [4.69, 9.17) is 4.52 Å². The lowest BCUT2D eigenvalue weighted by atomic mass is 9.87. The molecule has 1 N–H and O–H groups in total. The van der Waals surface area contributed by atoms with E-state index in [0.29, 0.717) is 23.3 Å². The lowest BCUT2D eigenvalue weighted by Crippen LogP contribution is -2.23. The normalized spacial score (nSPS) is 11.8. The average molecular weight is 484 g/mol. The second-order valence-corrected chi connectivity index (χ2v) is 10.1. The van der Waals surface area contributed by atoms with Gasteiger partial charge < -0.3 is 9.84 Å². The summed E-state index contributed by atoms with van der Waals surface area (Å²) in [5.41, 5.74) is 6.18. The Morgan fingerprint density at radius 2 is 1.69 bits per heavy atom. The second kappa shape index (κ2) is 8.75. The van der Waals surface area contributed by atoms with Crippen LogP contribution in [0.1, 0.15) is 49.0 Å². The summed E-state index contributed by atoms with van der Waals surface area (Å²) in [7, 11) is 0. The summed E-state index contributed by atoms with van der Waals surface area (Å²) in [4.78, 5) is 22.3. The maximum absolute atomic E-state index is 13.3. The molecule has 184 valence electrons. The van der Waals surface area contributed by atoms with Crippen LogP contribution in [0.25, 0.3) is 17.0 Å². The molecule has 0 radical (unpaired) electrons. The molecule has 0 saturated carbocycles. The summed E-state index contributed by atoms with van der Waals surface area (Å²) in [6.07, 6.45) is 0.